The number of amides is 4. The number of primary amides is 2. The lowest BCUT2D eigenvalue weighted by molar-refractivity contribution is -0.375. The second kappa shape index (κ2) is 24.7. The summed E-state index contributed by atoms with van der Waals surface area (Å²) in [5.41, 5.74) is 8.01. The molecule has 26 unspecified atom stereocenters. The number of aliphatic hydroxyl groups excluding tert-OH is 9. The van der Waals surface area contributed by atoms with Crippen LogP contribution in [-0.2, 0) is 80.2 Å². The summed E-state index contributed by atoms with van der Waals surface area (Å²) in [7, 11) is -5.25. The number of nitrogens with one attached hydrogen (secondary N) is 2. The number of hydrogen-bond acceptors (Lipinski definition) is 28. The molecule has 5 aliphatic rings. The molecule has 73 heavy (non-hydrogen) atoms. The zero-order valence-electron chi connectivity index (χ0n) is 39.3. The van der Waals surface area contributed by atoms with Crippen LogP contribution in [0.3, 0.4) is 0 Å². The number of carbonyl (C=O) groups is 5. The third-order valence-electron chi connectivity index (χ3n) is 12.2. The Bertz CT molecular complexity index is 1980. The van der Waals surface area contributed by atoms with Crippen LogP contribution in [0.25, 0.3) is 0 Å². The minimum atomic E-state index is -5.25. The number of carboxylic acid groups (broad SMARTS) is 1. The minimum Gasteiger partial charge on any atom is -0.479 e. The minimum absolute atomic E-state index is 0.471. The Hall–Kier alpha value is -3.50. The highest BCUT2D eigenvalue weighted by atomic mass is 31.2. The van der Waals surface area contributed by atoms with E-state index in [0.717, 1.165) is 20.8 Å². The van der Waals surface area contributed by atoms with Crippen molar-refractivity contribution in [1.29, 1.82) is 0 Å². The van der Waals surface area contributed by atoms with Crippen molar-refractivity contribution in [2.75, 3.05) is 19.8 Å². The summed E-state index contributed by atoms with van der Waals surface area (Å²) in [5.74, 6) is -5.04. The van der Waals surface area contributed by atoms with Crippen molar-refractivity contribution in [3.63, 3.8) is 0 Å². The molecule has 5 saturated heterocycles. The van der Waals surface area contributed by atoms with Gasteiger partial charge in [0.2, 0.25) is 17.7 Å². The van der Waals surface area contributed by atoms with Crippen LogP contribution in [0.15, 0.2) is 0 Å². The Morgan fingerprint density at radius 3 is 1.73 bits per heavy atom. The number of phosphoric acid groups is 1. The Balaban J connectivity index is 1.56. The number of phosphoric ester groups is 1. The molecule has 26 atom stereocenters. The maximum Gasteiger partial charge on any atom is 0.474 e. The van der Waals surface area contributed by atoms with Gasteiger partial charge in [-0.15, -0.1) is 0 Å². The molecule has 18 N–H and O–H groups in total. The molecule has 0 saturated carbocycles. The summed E-state index contributed by atoms with van der Waals surface area (Å²) in [6, 6.07) is -3.76. The highest BCUT2D eigenvalue weighted by Crippen LogP contribution is 2.48. The van der Waals surface area contributed by atoms with Gasteiger partial charge in [0.1, 0.15) is 90.9 Å². The molecule has 5 heterocycles. The largest absolute Gasteiger partial charge is 0.479 e. The fraction of sp³-hybridized carbons (Fsp3) is 0.868. The van der Waals surface area contributed by atoms with Crippen molar-refractivity contribution in [3.8, 4) is 0 Å². The molecular formula is C38H63N4O30P. The number of hydrogen-bond donors (Lipinski definition) is 16. The van der Waals surface area contributed by atoms with Gasteiger partial charge in [-0.2, -0.15) is 0 Å². The van der Waals surface area contributed by atoms with Gasteiger partial charge >= 0.3 is 19.9 Å². The van der Waals surface area contributed by atoms with Gasteiger partial charge in [0.25, 0.3) is 0 Å². The molecule has 0 bridgehead atoms. The third-order valence-corrected chi connectivity index (χ3v) is 13.2. The van der Waals surface area contributed by atoms with E-state index in [-0.39, 0.29) is 0 Å². The van der Waals surface area contributed by atoms with E-state index in [9.17, 15) is 89.6 Å². The lowest BCUT2D eigenvalue weighted by atomic mass is 9.85. The first-order valence-corrected chi connectivity index (χ1v) is 23.8. The molecular weight excluding hydrogens is 1020 g/mol. The first kappa shape index (κ1) is 60.4. The average molecular weight is 1090 g/mol. The molecule has 34 nitrogen and oxygen atoms in total. The lowest BCUT2D eigenvalue weighted by Gasteiger charge is -2.51. The summed E-state index contributed by atoms with van der Waals surface area (Å²) in [6.45, 7) is 2.91. The van der Waals surface area contributed by atoms with E-state index in [1.165, 1.54) is 13.8 Å². The van der Waals surface area contributed by atoms with Gasteiger partial charge in [0.05, 0.1) is 25.9 Å². The molecule has 5 fully saturated rings. The Morgan fingerprint density at radius 1 is 0.671 bits per heavy atom. The number of carbonyl (C=O) groups excluding carboxylic acids is 4. The highest BCUT2D eigenvalue weighted by molar-refractivity contribution is 7.47. The lowest BCUT2D eigenvalue weighted by Crippen LogP contribution is -2.72. The van der Waals surface area contributed by atoms with Gasteiger partial charge in [-0.3, -0.25) is 23.4 Å². The van der Waals surface area contributed by atoms with E-state index < -0.39 is 210 Å². The quantitative estimate of drug-likeness (QED) is 0.0534. The summed E-state index contributed by atoms with van der Waals surface area (Å²) >= 11 is 0. The van der Waals surface area contributed by atoms with Crippen LogP contribution >= 0.6 is 7.82 Å². The second-order valence-corrected chi connectivity index (χ2v) is 19.0. The summed E-state index contributed by atoms with van der Waals surface area (Å²) in [6.07, 6.45) is -46.4. The first-order valence-electron chi connectivity index (χ1n) is 22.3. The Kier molecular flexibility index (Phi) is 20.4. The van der Waals surface area contributed by atoms with E-state index >= 15 is 0 Å². The molecule has 5 aliphatic heterocycles. The Morgan fingerprint density at radius 2 is 1.19 bits per heavy atom. The molecule has 0 spiro atoms. The fourth-order valence-electron chi connectivity index (χ4n) is 8.65. The van der Waals surface area contributed by atoms with Crippen LogP contribution in [0.5, 0.6) is 0 Å². The van der Waals surface area contributed by atoms with Gasteiger partial charge in [-0.05, 0) is 20.8 Å². The van der Waals surface area contributed by atoms with E-state index in [1.807, 2.05) is 0 Å². The Labute approximate surface area is 412 Å². The zero-order valence-corrected chi connectivity index (χ0v) is 40.2. The van der Waals surface area contributed by atoms with E-state index in [2.05, 4.69) is 10.6 Å². The zero-order chi connectivity index (χ0) is 54.8. The number of carboxylic acids is 1. The van der Waals surface area contributed by atoms with Crippen molar-refractivity contribution >= 4 is 37.6 Å². The molecule has 0 radical (unpaired) electrons. The molecule has 0 aliphatic carbocycles. The van der Waals surface area contributed by atoms with Crippen LogP contribution in [0.4, 0.5) is 4.79 Å². The van der Waals surface area contributed by atoms with Gasteiger partial charge in [0.15, 0.2) is 55.9 Å². The van der Waals surface area contributed by atoms with E-state index in [1.54, 1.807) is 0 Å². The number of ether oxygens (including phenoxy) is 10. The fourth-order valence-corrected chi connectivity index (χ4v) is 9.47. The third kappa shape index (κ3) is 13.7. The standard InChI is InChI=1S/C38H63N4O30P/c1-6-62-73(59,60)72-36-27(28(71-37(40)57)38(5,58)29(70-36)30(39)54)69-33-15(42-11(4)45)18(48)25(13(65-33)8-61-34-22(52)19(49)16(46)12(7-43)64-34)67-32-14(41-10(3)44)17(47)24(9(2)63-32)66-35-23(53)20(50)21(51)26(68-35)31(55)56/h9,12-29,32-36,43,46-53,58H,6-8H2,1-5H3,(H2,39,54)(H2,40,57)(H,41,44)(H,42,45)(H,55,56)(H,59,60). The van der Waals surface area contributed by atoms with Crippen LogP contribution in [0.2, 0.25) is 0 Å². The molecule has 0 aromatic rings. The van der Waals surface area contributed by atoms with Crippen molar-refractivity contribution in [1.82, 2.24) is 10.6 Å². The van der Waals surface area contributed by atoms with Gasteiger partial charge in [0, 0.05) is 13.8 Å². The van der Waals surface area contributed by atoms with E-state index in [4.69, 9.17) is 67.9 Å². The smallest absolute Gasteiger partial charge is 0.474 e. The number of nitrogens with two attached hydrogens (primary N) is 2. The molecule has 35 heteroatoms. The maximum atomic E-state index is 13.0. The number of aliphatic carboxylic acids is 1. The number of aliphatic hydroxyl groups is 10. The van der Waals surface area contributed by atoms with Crippen LogP contribution in [0.1, 0.15) is 34.6 Å². The molecule has 5 rings (SSSR count). The maximum absolute atomic E-state index is 13.0. The van der Waals surface area contributed by atoms with E-state index in [0.29, 0.717) is 0 Å². The summed E-state index contributed by atoms with van der Waals surface area (Å²) in [4.78, 5) is 72.7. The molecule has 0 aromatic carbocycles. The molecule has 420 valence electrons. The predicted molar refractivity (Wildman–Crippen MR) is 224 cm³/mol. The highest BCUT2D eigenvalue weighted by Gasteiger charge is 2.62. The van der Waals surface area contributed by atoms with Crippen LogP contribution in [0, 0.1) is 0 Å². The summed E-state index contributed by atoms with van der Waals surface area (Å²) < 4.78 is 80.1. The SMILES string of the molecule is CCOP(=O)(O)OC1OC(C(N)=O)C(C)(O)C(OC(N)=O)C1OC1OC(COC2OC(CO)C(O)C(O)C2O)C(OC2OC(C)C(OC3OC(C(=O)O)C(O)C(O)C3O)C(O)C2NC(C)=O)C(O)C1NC(C)=O. The normalized spacial score (nSPS) is 45.0. The molecule has 4 amide bonds. The van der Waals surface area contributed by atoms with Gasteiger partial charge in [-0.1, -0.05) is 0 Å². The average Bonchev–Trinajstić information content (AvgIpc) is 3.28. The number of rotatable bonds is 19. The first-order chi connectivity index (χ1) is 33.9. The molecule has 0 aromatic heterocycles. The topological polar surface area (TPSA) is 532 Å². The van der Waals surface area contributed by atoms with Crippen molar-refractivity contribution in [2.24, 2.45) is 11.5 Å². The van der Waals surface area contributed by atoms with Crippen LogP contribution in [-0.4, -0.2) is 264 Å². The van der Waals surface area contributed by atoms with Gasteiger partial charge in [-0.25, -0.2) is 14.2 Å². The van der Waals surface area contributed by atoms with Crippen LogP contribution < -0.4 is 22.1 Å². The summed E-state index contributed by atoms with van der Waals surface area (Å²) in [5, 5.41) is 123. The van der Waals surface area contributed by atoms with Crippen molar-refractivity contribution < 1.29 is 146 Å². The van der Waals surface area contributed by atoms with Crippen molar-refractivity contribution in [3.05, 3.63) is 0 Å². The monoisotopic (exact) mass is 1090 g/mol. The van der Waals surface area contributed by atoms with Crippen molar-refractivity contribution in [2.45, 2.75) is 188 Å². The van der Waals surface area contributed by atoms with Gasteiger partial charge < -0.3 is 131 Å². The predicted octanol–water partition coefficient (Wildman–Crippen LogP) is -9.37. The second-order valence-electron chi connectivity index (χ2n) is 17.6.